The van der Waals surface area contributed by atoms with Crippen LogP contribution in [-0.2, 0) is 19.5 Å². The summed E-state index contributed by atoms with van der Waals surface area (Å²) in [5.74, 6) is -0.953. The van der Waals surface area contributed by atoms with E-state index < -0.39 is 5.97 Å². The summed E-state index contributed by atoms with van der Waals surface area (Å²) in [6.07, 6.45) is 0. The number of aromatic carboxylic acids is 1. The molecule has 0 spiro atoms. The van der Waals surface area contributed by atoms with Crippen LogP contribution in [0.5, 0.6) is 11.5 Å². The number of benzene rings is 1. The average molecular weight is 234 g/mol. The number of carbonyl (C=O) groups is 1. The average Bonchev–Trinajstić information content (AvgIpc) is 2.05. The van der Waals surface area contributed by atoms with Crippen LogP contribution < -0.4 is 4.74 Å². The largest absolute Gasteiger partial charge is 0.504 e. The van der Waals surface area contributed by atoms with Gasteiger partial charge in [0, 0.05) is 19.5 Å². The zero-order valence-electron chi connectivity index (χ0n) is 7.15. The molecule has 0 fully saturated rings. The van der Waals surface area contributed by atoms with Gasteiger partial charge in [0.25, 0.3) is 0 Å². The molecule has 0 atom stereocenters. The molecule has 4 nitrogen and oxygen atoms in total. The molecule has 0 amide bonds. The Balaban J connectivity index is 0.00000144. The minimum absolute atomic E-state index is 0. The van der Waals surface area contributed by atoms with Crippen LogP contribution in [0.4, 0.5) is 0 Å². The molecule has 1 aromatic carbocycles. The van der Waals surface area contributed by atoms with Crippen molar-refractivity contribution in [3.05, 3.63) is 23.8 Å². The third kappa shape index (κ3) is 2.70. The van der Waals surface area contributed by atoms with E-state index >= 15 is 0 Å². The zero-order chi connectivity index (χ0) is 9.14. The second-order valence-electron chi connectivity index (χ2n) is 2.19. The number of methoxy groups -OCH3 is 1. The maximum absolute atomic E-state index is 10.4. The molecule has 2 N–H and O–H groups in total. The Morgan fingerprint density at radius 2 is 2.08 bits per heavy atom. The normalized spacial score (nSPS) is 8.69. The zero-order valence-corrected chi connectivity index (χ0v) is 10.1. The molecule has 0 aliphatic heterocycles. The Bertz CT molecular complexity index is 311. The predicted octanol–water partition coefficient (Wildman–Crippen LogP) is 1.10. The molecule has 0 aliphatic rings. The number of rotatable bonds is 2. The van der Waals surface area contributed by atoms with E-state index in [1.807, 2.05) is 0 Å². The molecular weight excluding hydrogens is 225 g/mol. The molecule has 0 bridgehead atoms. The fourth-order valence-corrected chi connectivity index (χ4v) is 0.811. The molecule has 0 aliphatic carbocycles. The Labute approximate surface area is 87.9 Å². The van der Waals surface area contributed by atoms with Crippen molar-refractivity contribution in [2.24, 2.45) is 0 Å². The molecule has 1 aromatic rings. The van der Waals surface area contributed by atoms with Gasteiger partial charge in [-0.05, 0) is 18.2 Å². The molecular formula is C8H8O4Zn. The van der Waals surface area contributed by atoms with Crippen molar-refractivity contribution >= 4 is 5.97 Å². The van der Waals surface area contributed by atoms with E-state index in [-0.39, 0.29) is 36.5 Å². The van der Waals surface area contributed by atoms with Crippen LogP contribution in [0.25, 0.3) is 0 Å². The second-order valence-corrected chi connectivity index (χ2v) is 2.19. The van der Waals surface area contributed by atoms with Gasteiger partial charge in [0.1, 0.15) is 0 Å². The minimum Gasteiger partial charge on any atom is -0.504 e. The summed E-state index contributed by atoms with van der Waals surface area (Å²) in [5, 5.41) is 17.7. The van der Waals surface area contributed by atoms with Crippen LogP contribution in [0.3, 0.4) is 0 Å². The van der Waals surface area contributed by atoms with Gasteiger partial charge in [-0.1, -0.05) is 0 Å². The molecule has 0 aromatic heterocycles. The van der Waals surface area contributed by atoms with Crippen LogP contribution >= 0.6 is 0 Å². The van der Waals surface area contributed by atoms with Crippen molar-refractivity contribution in [3.8, 4) is 11.5 Å². The van der Waals surface area contributed by atoms with Gasteiger partial charge in [0.2, 0.25) is 0 Å². The molecule has 66 valence electrons. The first-order valence-electron chi connectivity index (χ1n) is 3.25. The number of phenols is 1. The van der Waals surface area contributed by atoms with Crippen molar-refractivity contribution in [2.45, 2.75) is 0 Å². The number of carboxylic acids is 1. The first kappa shape index (κ1) is 11.9. The van der Waals surface area contributed by atoms with Crippen LogP contribution in [0, 0.1) is 0 Å². The number of ether oxygens (including phenoxy) is 1. The minimum atomic E-state index is -1.05. The Hall–Kier alpha value is -1.09. The number of phenolic OH excluding ortho intramolecular Hbond substituents is 1. The van der Waals surface area contributed by atoms with E-state index in [0.29, 0.717) is 0 Å². The molecule has 5 heteroatoms. The maximum atomic E-state index is 10.4. The summed E-state index contributed by atoms with van der Waals surface area (Å²) in [5.41, 5.74) is 0.0876. The van der Waals surface area contributed by atoms with Gasteiger partial charge < -0.3 is 14.9 Å². The van der Waals surface area contributed by atoms with Gasteiger partial charge in [0.05, 0.1) is 12.7 Å². The van der Waals surface area contributed by atoms with Gasteiger partial charge in [-0.25, -0.2) is 4.79 Å². The van der Waals surface area contributed by atoms with Gasteiger partial charge in [-0.2, -0.15) is 0 Å². The number of hydrogen-bond donors (Lipinski definition) is 2. The monoisotopic (exact) mass is 232 g/mol. The Kier molecular flexibility index (Phi) is 4.42. The molecule has 0 saturated heterocycles. The van der Waals surface area contributed by atoms with Gasteiger partial charge in [-0.15, -0.1) is 0 Å². The van der Waals surface area contributed by atoms with E-state index in [1.165, 1.54) is 25.3 Å². The van der Waals surface area contributed by atoms with E-state index in [1.54, 1.807) is 0 Å². The van der Waals surface area contributed by atoms with Crippen LogP contribution in [-0.4, -0.2) is 23.3 Å². The van der Waals surface area contributed by atoms with Crippen molar-refractivity contribution in [1.29, 1.82) is 0 Å². The van der Waals surface area contributed by atoms with Gasteiger partial charge in [-0.3, -0.25) is 0 Å². The van der Waals surface area contributed by atoms with Crippen molar-refractivity contribution in [2.75, 3.05) is 7.11 Å². The third-order valence-electron chi connectivity index (χ3n) is 1.43. The first-order chi connectivity index (χ1) is 5.65. The summed E-state index contributed by atoms with van der Waals surface area (Å²) >= 11 is 0. The smallest absolute Gasteiger partial charge is 0.335 e. The first-order valence-corrected chi connectivity index (χ1v) is 3.25. The number of hydrogen-bond acceptors (Lipinski definition) is 3. The van der Waals surface area contributed by atoms with Gasteiger partial charge >= 0.3 is 5.97 Å². The molecule has 1 rings (SSSR count). The van der Waals surface area contributed by atoms with Crippen molar-refractivity contribution in [3.63, 3.8) is 0 Å². The Morgan fingerprint density at radius 3 is 2.54 bits per heavy atom. The molecule has 0 unspecified atom stereocenters. The standard InChI is InChI=1S/C8H8O4.Zn/c1-12-7-4-5(8(10)11)2-3-6(7)9;/h2-4,9H,1H3,(H,10,11);. The van der Waals surface area contributed by atoms with Crippen molar-refractivity contribution in [1.82, 2.24) is 0 Å². The number of carboxylic acid groups (broad SMARTS) is 1. The van der Waals surface area contributed by atoms with Crippen LogP contribution in [0.1, 0.15) is 10.4 Å². The molecule has 0 heterocycles. The van der Waals surface area contributed by atoms with E-state index in [9.17, 15) is 4.79 Å². The predicted molar refractivity (Wildman–Crippen MR) is 41.6 cm³/mol. The van der Waals surface area contributed by atoms with Crippen molar-refractivity contribution < 1.29 is 39.2 Å². The van der Waals surface area contributed by atoms with Crippen LogP contribution in [0.2, 0.25) is 0 Å². The molecule has 0 saturated carbocycles. The third-order valence-corrected chi connectivity index (χ3v) is 1.43. The SMILES string of the molecule is COc1cc(C(=O)O)ccc1O.[Zn]. The summed E-state index contributed by atoms with van der Waals surface area (Å²) < 4.78 is 4.72. The van der Waals surface area contributed by atoms with Crippen LogP contribution in [0.15, 0.2) is 18.2 Å². The summed E-state index contributed by atoms with van der Waals surface area (Å²) in [6.45, 7) is 0. The topological polar surface area (TPSA) is 66.8 Å². The fourth-order valence-electron chi connectivity index (χ4n) is 0.811. The Morgan fingerprint density at radius 1 is 1.46 bits per heavy atom. The molecule has 0 radical (unpaired) electrons. The number of aromatic hydroxyl groups is 1. The van der Waals surface area contributed by atoms with E-state index in [0.717, 1.165) is 0 Å². The summed E-state index contributed by atoms with van der Waals surface area (Å²) in [7, 11) is 1.36. The summed E-state index contributed by atoms with van der Waals surface area (Å²) in [4.78, 5) is 10.4. The fraction of sp³-hybridized carbons (Fsp3) is 0.125. The second kappa shape index (κ2) is 4.82. The van der Waals surface area contributed by atoms with Gasteiger partial charge in [0.15, 0.2) is 11.5 Å². The van der Waals surface area contributed by atoms with E-state index in [2.05, 4.69) is 0 Å². The quantitative estimate of drug-likeness (QED) is 0.751. The summed E-state index contributed by atoms with van der Waals surface area (Å²) in [6, 6.07) is 3.85. The maximum Gasteiger partial charge on any atom is 0.335 e. The molecule has 13 heavy (non-hydrogen) atoms. The van der Waals surface area contributed by atoms with E-state index in [4.69, 9.17) is 14.9 Å².